The Hall–Kier alpha value is -1.57. The van der Waals surface area contributed by atoms with Gasteiger partial charge in [-0.3, -0.25) is 15.1 Å². The lowest BCUT2D eigenvalue weighted by molar-refractivity contribution is -0.464. The smallest absolute Gasteiger partial charge is 0.260 e. The van der Waals surface area contributed by atoms with E-state index in [9.17, 15) is 10.1 Å². The van der Waals surface area contributed by atoms with Gasteiger partial charge < -0.3 is 4.90 Å². The number of amidine groups is 1. The number of nitro groups is 1. The van der Waals surface area contributed by atoms with Crippen molar-refractivity contribution in [1.82, 2.24) is 13.6 Å². The van der Waals surface area contributed by atoms with Gasteiger partial charge in [0.05, 0.1) is 30.2 Å². The first kappa shape index (κ1) is 10.9. The highest BCUT2D eigenvalue weighted by atomic mass is 32.1. The van der Waals surface area contributed by atoms with Crippen molar-refractivity contribution in [3.63, 3.8) is 0 Å². The highest BCUT2D eigenvalue weighted by Gasteiger charge is 2.20. The maximum Gasteiger partial charge on any atom is 0.260 e. The van der Waals surface area contributed by atoms with Crippen molar-refractivity contribution in [3.8, 4) is 0 Å². The summed E-state index contributed by atoms with van der Waals surface area (Å²) in [5.74, 6) is 0.546. The van der Waals surface area contributed by atoms with Gasteiger partial charge in [0.15, 0.2) is 5.84 Å². The van der Waals surface area contributed by atoms with Crippen molar-refractivity contribution >= 4 is 17.6 Å². The third kappa shape index (κ3) is 2.72. The molecule has 0 aromatic carbocycles. The first-order chi connectivity index (χ1) is 7.75. The molecule has 0 bridgehead atoms. The minimum Gasteiger partial charge on any atom is -0.349 e. The van der Waals surface area contributed by atoms with Gasteiger partial charge in [-0.05, 0) is 6.42 Å². The third-order valence-electron chi connectivity index (χ3n) is 2.28. The molecule has 0 saturated carbocycles. The van der Waals surface area contributed by atoms with E-state index in [1.54, 1.807) is 6.20 Å². The zero-order chi connectivity index (χ0) is 11.4. The number of rotatable bonds is 4. The second-order valence-electron chi connectivity index (χ2n) is 3.46. The van der Waals surface area contributed by atoms with Crippen molar-refractivity contribution in [3.05, 3.63) is 22.0 Å². The van der Waals surface area contributed by atoms with Crippen LogP contribution in [0.2, 0.25) is 0 Å². The molecule has 0 saturated heterocycles. The van der Waals surface area contributed by atoms with E-state index in [1.165, 1.54) is 0 Å². The predicted molar refractivity (Wildman–Crippen MR) is 59.1 cm³/mol. The molecule has 1 aliphatic heterocycles. The Morgan fingerprint density at radius 2 is 2.50 bits per heavy atom. The van der Waals surface area contributed by atoms with Crippen LogP contribution in [-0.4, -0.2) is 44.0 Å². The van der Waals surface area contributed by atoms with Gasteiger partial charge in [0.1, 0.15) is 0 Å². The molecule has 0 aliphatic carbocycles. The van der Waals surface area contributed by atoms with Crippen molar-refractivity contribution in [2.24, 2.45) is 4.99 Å². The van der Waals surface area contributed by atoms with Crippen LogP contribution in [0.4, 0.5) is 0 Å². The van der Waals surface area contributed by atoms with E-state index in [1.807, 2.05) is 4.90 Å². The minimum atomic E-state index is -0.351. The Balaban J connectivity index is 2.03. The number of hydrogen-bond donors (Lipinski definition) is 0. The zero-order valence-electron chi connectivity index (χ0n) is 8.57. The van der Waals surface area contributed by atoms with E-state index in [0.717, 1.165) is 30.4 Å². The van der Waals surface area contributed by atoms with Gasteiger partial charge in [0, 0.05) is 18.0 Å². The molecule has 0 amide bonds. The maximum absolute atomic E-state index is 10.5. The molecule has 0 atom stereocenters. The average Bonchev–Trinajstić information content (AvgIpc) is 2.73. The molecule has 2 rings (SSSR count). The lowest BCUT2D eigenvalue weighted by atomic mass is 10.3. The Labute approximate surface area is 96.3 Å². The van der Waals surface area contributed by atoms with Gasteiger partial charge in [-0.2, -0.15) is 8.75 Å². The van der Waals surface area contributed by atoms with Crippen molar-refractivity contribution in [1.29, 1.82) is 0 Å². The Morgan fingerprint density at radius 3 is 3.19 bits per heavy atom. The van der Waals surface area contributed by atoms with Gasteiger partial charge in [0.2, 0.25) is 0 Å². The van der Waals surface area contributed by atoms with Crippen LogP contribution >= 0.6 is 11.7 Å². The van der Waals surface area contributed by atoms with Gasteiger partial charge in [0.25, 0.3) is 6.54 Å². The van der Waals surface area contributed by atoms with Crippen molar-refractivity contribution in [2.75, 3.05) is 19.6 Å². The summed E-state index contributed by atoms with van der Waals surface area (Å²) in [6.45, 7) is 1.82. The highest BCUT2D eigenvalue weighted by molar-refractivity contribution is 6.99. The maximum atomic E-state index is 10.5. The van der Waals surface area contributed by atoms with E-state index in [2.05, 4.69) is 13.7 Å². The lowest BCUT2D eigenvalue weighted by Gasteiger charge is -2.26. The second kappa shape index (κ2) is 4.97. The monoisotopic (exact) mass is 241 g/mol. The standard InChI is InChI=1S/C8H11N5O2S/c14-13(15)6-8-9-2-1-3-12(8)5-7-4-10-16-11-7/h4H,1-3,5-6H2. The summed E-state index contributed by atoms with van der Waals surface area (Å²) in [5.41, 5.74) is 0.836. The zero-order valence-corrected chi connectivity index (χ0v) is 9.39. The van der Waals surface area contributed by atoms with Crippen molar-refractivity contribution < 1.29 is 4.92 Å². The first-order valence-corrected chi connectivity index (χ1v) is 5.65. The van der Waals surface area contributed by atoms with Gasteiger partial charge >= 0.3 is 0 Å². The van der Waals surface area contributed by atoms with Crippen LogP contribution in [0.1, 0.15) is 12.1 Å². The fourth-order valence-electron chi connectivity index (χ4n) is 1.58. The molecule has 1 aromatic heterocycles. The molecule has 8 heteroatoms. The molecule has 0 radical (unpaired) electrons. The second-order valence-corrected chi connectivity index (χ2v) is 4.02. The first-order valence-electron chi connectivity index (χ1n) is 4.92. The summed E-state index contributed by atoms with van der Waals surface area (Å²) in [6.07, 6.45) is 2.61. The predicted octanol–water partition coefficient (Wildman–Crippen LogP) is 0.419. The van der Waals surface area contributed by atoms with Crippen LogP contribution in [0.25, 0.3) is 0 Å². The molecule has 0 N–H and O–H groups in total. The fraction of sp³-hybridized carbons (Fsp3) is 0.625. The molecule has 7 nitrogen and oxygen atoms in total. The molecule has 1 aromatic rings. The van der Waals surface area contributed by atoms with E-state index in [0.29, 0.717) is 18.9 Å². The van der Waals surface area contributed by atoms with E-state index < -0.39 is 0 Å². The van der Waals surface area contributed by atoms with E-state index >= 15 is 0 Å². The van der Waals surface area contributed by atoms with Crippen LogP contribution < -0.4 is 0 Å². The molecule has 86 valence electrons. The largest absolute Gasteiger partial charge is 0.349 e. The van der Waals surface area contributed by atoms with Gasteiger partial charge in [-0.15, -0.1) is 0 Å². The Kier molecular flexibility index (Phi) is 3.40. The minimum absolute atomic E-state index is 0.211. The van der Waals surface area contributed by atoms with Crippen LogP contribution in [-0.2, 0) is 6.54 Å². The topological polar surface area (TPSA) is 84.5 Å². The van der Waals surface area contributed by atoms with Crippen LogP contribution in [0, 0.1) is 10.1 Å². The molecular formula is C8H11N5O2S. The van der Waals surface area contributed by atoms with Crippen LogP contribution in [0.3, 0.4) is 0 Å². The van der Waals surface area contributed by atoms with Crippen LogP contribution in [0.15, 0.2) is 11.2 Å². The SMILES string of the molecule is O=[N+]([O-])CC1=NCCCN1Cc1cnsn1. The van der Waals surface area contributed by atoms with E-state index in [-0.39, 0.29) is 11.5 Å². The normalized spacial score (nSPS) is 16.0. The van der Waals surface area contributed by atoms with E-state index in [4.69, 9.17) is 0 Å². The molecular weight excluding hydrogens is 230 g/mol. The molecule has 1 aliphatic rings. The summed E-state index contributed by atoms with van der Waals surface area (Å²) in [6, 6.07) is 0. The molecule has 2 heterocycles. The molecule has 0 unspecified atom stereocenters. The average molecular weight is 241 g/mol. The summed E-state index contributed by atoms with van der Waals surface area (Å²) >= 11 is 1.14. The van der Waals surface area contributed by atoms with Crippen molar-refractivity contribution in [2.45, 2.75) is 13.0 Å². The summed E-state index contributed by atoms with van der Waals surface area (Å²) in [4.78, 5) is 16.2. The highest BCUT2D eigenvalue weighted by Crippen LogP contribution is 2.08. The van der Waals surface area contributed by atoms with Gasteiger partial charge in [-0.25, -0.2) is 0 Å². The van der Waals surface area contributed by atoms with Gasteiger partial charge in [-0.1, -0.05) is 0 Å². The summed E-state index contributed by atoms with van der Waals surface area (Å²) < 4.78 is 7.99. The number of aliphatic imine (C=N–C) groups is 1. The fourth-order valence-corrected chi connectivity index (χ4v) is 2.01. The number of aromatic nitrogens is 2. The number of hydrogen-bond acceptors (Lipinski definition) is 7. The third-order valence-corrected chi connectivity index (χ3v) is 2.79. The number of nitrogens with zero attached hydrogens (tertiary/aromatic N) is 5. The molecule has 0 spiro atoms. The van der Waals surface area contributed by atoms with Crippen LogP contribution in [0.5, 0.6) is 0 Å². The molecule has 0 fully saturated rings. The lowest BCUT2D eigenvalue weighted by Crippen LogP contribution is -2.39. The summed E-state index contributed by atoms with van der Waals surface area (Å²) in [5, 5.41) is 10.5. The Bertz CT molecular complexity index is 391. The molecule has 16 heavy (non-hydrogen) atoms. The Morgan fingerprint density at radius 1 is 1.62 bits per heavy atom. The summed E-state index contributed by atoms with van der Waals surface area (Å²) in [7, 11) is 0. The quantitative estimate of drug-likeness (QED) is 0.563.